The van der Waals surface area contributed by atoms with Crippen molar-refractivity contribution in [2.75, 3.05) is 38.1 Å². The van der Waals surface area contributed by atoms with Gasteiger partial charge in [0.1, 0.15) is 22.9 Å². The molecule has 1 atom stereocenters. The number of aryl methyl sites for hydroxylation is 1. The zero-order valence-corrected chi connectivity index (χ0v) is 23.3. The topological polar surface area (TPSA) is 93.0 Å². The number of rotatable bonds is 5. The fraction of sp³-hybridized carbons (Fsp3) is 0.448. The van der Waals surface area contributed by atoms with Gasteiger partial charge in [-0.2, -0.15) is 0 Å². The van der Waals surface area contributed by atoms with E-state index in [0.717, 1.165) is 57.6 Å². The van der Waals surface area contributed by atoms with Gasteiger partial charge in [-0.3, -0.25) is 4.90 Å². The van der Waals surface area contributed by atoms with Gasteiger partial charge in [0, 0.05) is 55.9 Å². The number of ether oxygens (including phenoxy) is 1. The maximum absolute atomic E-state index is 15.1. The number of halogens is 2. The maximum Gasteiger partial charge on any atom is 0.229 e. The van der Waals surface area contributed by atoms with E-state index in [1.807, 2.05) is 38.3 Å². The largest absolute Gasteiger partial charge is 0.374 e. The molecule has 0 saturated carbocycles. The highest BCUT2D eigenvalue weighted by atomic mass is 19.1. The Morgan fingerprint density at radius 1 is 1.12 bits per heavy atom. The summed E-state index contributed by atoms with van der Waals surface area (Å²) in [6, 6.07) is 6.94. The van der Waals surface area contributed by atoms with E-state index in [1.165, 1.54) is 11.6 Å². The number of imidazole rings is 1. The van der Waals surface area contributed by atoms with Gasteiger partial charge in [0.05, 0.1) is 24.4 Å². The molecule has 2 aliphatic rings. The lowest BCUT2D eigenvalue weighted by atomic mass is 10.0. The molecule has 0 bridgehead atoms. The molecule has 0 unspecified atom stereocenters. The molecule has 1 aromatic carbocycles. The molecule has 0 amide bonds. The smallest absolute Gasteiger partial charge is 0.229 e. The van der Waals surface area contributed by atoms with Gasteiger partial charge in [0.2, 0.25) is 5.95 Å². The van der Waals surface area contributed by atoms with Crippen molar-refractivity contribution in [2.24, 2.45) is 0 Å². The van der Waals surface area contributed by atoms with Gasteiger partial charge in [-0.05, 0) is 51.5 Å². The molecule has 4 aromatic rings. The van der Waals surface area contributed by atoms with Crippen molar-refractivity contribution in [1.82, 2.24) is 34.7 Å². The molecule has 0 spiro atoms. The Kier molecular flexibility index (Phi) is 6.97. The summed E-state index contributed by atoms with van der Waals surface area (Å²) in [6.07, 6.45) is 2.12. The standard InChI is InChI=1S/C29H34F2N8O/c1-17-34-27-21(30)11-19(12-24(27)39(17)29(2,3)4)26-22(31)14-33-28(37-26)36-25-6-5-18-15-38(9-7-23(18)35-25)16-20-13-32-8-10-40-20/h5-6,11-12,14,20,32H,7-10,13,15-16H2,1-4H3,(H,33,35,36,37)/t20-/m1/s1. The Labute approximate surface area is 232 Å². The third kappa shape index (κ3) is 5.28. The van der Waals surface area contributed by atoms with Crippen LogP contribution in [0.5, 0.6) is 0 Å². The van der Waals surface area contributed by atoms with Crippen LogP contribution in [-0.2, 0) is 23.2 Å². The van der Waals surface area contributed by atoms with E-state index in [9.17, 15) is 4.39 Å². The van der Waals surface area contributed by atoms with Crippen LogP contribution in [0, 0.1) is 18.6 Å². The number of fused-ring (bicyclic) bond motifs is 2. The lowest BCUT2D eigenvalue weighted by Crippen LogP contribution is -2.46. The minimum atomic E-state index is -0.640. The summed E-state index contributed by atoms with van der Waals surface area (Å²) in [4.78, 5) is 20.1. The average molecular weight is 549 g/mol. The average Bonchev–Trinajstić information content (AvgIpc) is 3.27. The molecule has 5 heterocycles. The Morgan fingerprint density at radius 3 is 2.75 bits per heavy atom. The van der Waals surface area contributed by atoms with Crippen LogP contribution in [0.25, 0.3) is 22.3 Å². The summed E-state index contributed by atoms with van der Waals surface area (Å²) in [5, 5.41) is 6.49. The molecule has 0 aliphatic carbocycles. The number of hydrogen-bond acceptors (Lipinski definition) is 8. The number of nitrogens with zero attached hydrogens (tertiary/aromatic N) is 6. The van der Waals surface area contributed by atoms with Crippen LogP contribution in [-0.4, -0.2) is 68.3 Å². The summed E-state index contributed by atoms with van der Waals surface area (Å²) < 4.78 is 37.9. The SMILES string of the molecule is Cc1nc2c(F)cc(-c3nc(Nc4ccc5c(n4)CCN(C[C@H]4CNCCO4)C5)ncc3F)cc2n1C(C)(C)C. The van der Waals surface area contributed by atoms with Crippen molar-refractivity contribution in [2.45, 2.75) is 52.3 Å². The van der Waals surface area contributed by atoms with Gasteiger partial charge in [-0.1, -0.05) is 6.07 Å². The molecule has 9 nitrogen and oxygen atoms in total. The van der Waals surface area contributed by atoms with Crippen LogP contribution in [0.3, 0.4) is 0 Å². The molecule has 11 heteroatoms. The van der Waals surface area contributed by atoms with Crippen LogP contribution in [0.15, 0.2) is 30.5 Å². The number of anilines is 2. The van der Waals surface area contributed by atoms with Gasteiger partial charge in [0.25, 0.3) is 0 Å². The maximum atomic E-state index is 15.1. The Bertz CT molecular complexity index is 1560. The zero-order valence-electron chi connectivity index (χ0n) is 23.3. The normalized spacial score (nSPS) is 18.2. The highest BCUT2D eigenvalue weighted by molar-refractivity contribution is 5.83. The fourth-order valence-corrected chi connectivity index (χ4v) is 5.70. The van der Waals surface area contributed by atoms with E-state index >= 15 is 4.39 Å². The Balaban J connectivity index is 1.24. The fourth-order valence-electron chi connectivity index (χ4n) is 5.70. The number of nitrogens with one attached hydrogen (secondary N) is 2. The zero-order chi connectivity index (χ0) is 28.0. The summed E-state index contributed by atoms with van der Waals surface area (Å²) in [7, 11) is 0. The summed E-state index contributed by atoms with van der Waals surface area (Å²) in [5.74, 6) is 0.281. The minimum Gasteiger partial charge on any atom is -0.374 e. The highest BCUT2D eigenvalue weighted by Gasteiger charge is 2.24. The molecule has 6 rings (SSSR count). The van der Waals surface area contributed by atoms with Crippen molar-refractivity contribution in [3.05, 3.63) is 59.2 Å². The van der Waals surface area contributed by atoms with Gasteiger partial charge in [-0.15, -0.1) is 0 Å². The predicted molar refractivity (Wildman–Crippen MR) is 150 cm³/mol. The Hall–Kier alpha value is -3.54. The van der Waals surface area contributed by atoms with Crippen LogP contribution < -0.4 is 10.6 Å². The first kappa shape index (κ1) is 26.7. The van der Waals surface area contributed by atoms with Crippen LogP contribution in [0.2, 0.25) is 0 Å². The molecule has 1 fully saturated rings. The molecule has 0 radical (unpaired) electrons. The molecular weight excluding hydrogens is 514 g/mol. The van der Waals surface area contributed by atoms with Crippen molar-refractivity contribution < 1.29 is 13.5 Å². The lowest BCUT2D eigenvalue weighted by molar-refractivity contribution is 0.00289. The molecule has 210 valence electrons. The third-order valence-electron chi connectivity index (χ3n) is 7.40. The number of pyridine rings is 1. The first-order chi connectivity index (χ1) is 19.2. The molecule has 40 heavy (non-hydrogen) atoms. The number of aromatic nitrogens is 5. The highest BCUT2D eigenvalue weighted by Crippen LogP contribution is 2.32. The summed E-state index contributed by atoms with van der Waals surface area (Å²) >= 11 is 0. The predicted octanol–water partition coefficient (Wildman–Crippen LogP) is 4.32. The number of hydrogen-bond donors (Lipinski definition) is 2. The second-order valence-electron chi connectivity index (χ2n) is 11.5. The monoisotopic (exact) mass is 548 g/mol. The molecular formula is C29H34F2N8O. The summed E-state index contributed by atoms with van der Waals surface area (Å²) in [5.41, 5.74) is 3.02. The van der Waals surface area contributed by atoms with Crippen LogP contribution in [0.1, 0.15) is 37.9 Å². The molecule has 1 saturated heterocycles. The minimum absolute atomic E-state index is 0.00522. The summed E-state index contributed by atoms with van der Waals surface area (Å²) in [6.45, 7) is 13.0. The Morgan fingerprint density at radius 2 is 1.98 bits per heavy atom. The van der Waals surface area contributed by atoms with Gasteiger partial charge < -0.3 is 19.9 Å². The number of benzene rings is 1. The van der Waals surface area contributed by atoms with Crippen molar-refractivity contribution in [3.63, 3.8) is 0 Å². The van der Waals surface area contributed by atoms with E-state index < -0.39 is 11.6 Å². The van der Waals surface area contributed by atoms with E-state index in [4.69, 9.17) is 9.72 Å². The second-order valence-corrected chi connectivity index (χ2v) is 11.5. The molecule has 2 aliphatic heterocycles. The van der Waals surface area contributed by atoms with E-state index in [-0.39, 0.29) is 28.8 Å². The van der Waals surface area contributed by atoms with Gasteiger partial charge >= 0.3 is 0 Å². The molecule has 2 N–H and O–H groups in total. The van der Waals surface area contributed by atoms with Crippen molar-refractivity contribution in [1.29, 1.82) is 0 Å². The van der Waals surface area contributed by atoms with Gasteiger partial charge in [0.15, 0.2) is 11.6 Å². The van der Waals surface area contributed by atoms with E-state index in [2.05, 4.69) is 36.6 Å². The first-order valence-electron chi connectivity index (χ1n) is 13.7. The number of morpholine rings is 1. The second kappa shape index (κ2) is 10.5. The van der Waals surface area contributed by atoms with Crippen LogP contribution >= 0.6 is 0 Å². The third-order valence-corrected chi connectivity index (χ3v) is 7.40. The van der Waals surface area contributed by atoms with E-state index in [1.54, 1.807) is 6.07 Å². The lowest BCUT2D eigenvalue weighted by Gasteiger charge is -2.33. The van der Waals surface area contributed by atoms with E-state index in [0.29, 0.717) is 22.7 Å². The quantitative estimate of drug-likeness (QED) is 0.381. The molecule has 3 aromatic heterocycles. The van der Waals surface area contributed by atoms with Gasteiger partial charge in [-0.25, -0.2) is 28.7 Å². The van der Waals surface area contributed by atoms with Crippen molar-refractivity contribution in [3.8, 4) is 11.3 Å². The van der Waals surface area contributed by atoms with Crippen molar-refractivity contribution >= 4 is 22.8 Å². The van der Waals surface area contributed by atoms with Crippen LogP contribution in [0.4, 0.5) is 20.5 Å². The first-order valence-corrected chi connectivity index (χ1v) is 13.7.